The van der Waals surface area contributed by atoms with E-state index in [-0.39, 0.29) is 12.1 Å². The Kier molecular flexibility index (Phi) is 3.09. The van der Waals surface area contributed by atoms with E-state index >= 15 is 0 Å². The first-order valence-corrected chi connectivity index (χ1v) is 4.98. The fourth-order valence-electron chi connectivity index (χ4n) is 1.41. The lowest BCUT2D eigenvalue weighted by Crippen LogP contribution is -2.25. The van der Waals surface area contributed by atoms with Crippen LogP contribution in [0, 0.1) is 5.82 Å². The molecule has 17 heavy (non-hydrogen) atoms. The van der Waals surface area contributed by atoms with Crippen LogP contribution in [0.3, 0.4) is 0 Å². The van der Waals surface area contributed by atoms with Gasteiger partial charge < -0.3 is 0 Å². The van der Waals surface area contributed by atoms with Gasteiger partial charge in [0.1, 0.15) is 12.4 Å². The van der Waals surface area contributed by atoms with Crippen molar-refractivity contribution in [2.45, 2.75) is 6.54 Å². The monoisotopic (exact) mass is 232 g/mol. The van der Waals surface area contributed by atoms with Crippen molar-refractivity contribution in [3.8, 4) is 0 Å². The third-order valence-electron chi connectivity index (χ3n) is 2.25. The molecular weight excluding hydrogens is 223 g/mol. The smallest absolute Gasteiger partial charge is 0.267 e. The Labute approximate surface area is 96.3 Å². The predicted molar refractivity (Wildman–Crippen MR) is 59.2 cm³/mol. The fraction of sp³-hybridized carbons (Fsp3) is 0.0833. The Balaban J connectivity index is 2.27. The first kappa shape index (κ1) is 11.2. The molecule has 0 saturated heterocycles. The zero-order valence-corrected chi connectivity index (χ0v) is 8.84. The van der Waals surface area contributed by atoms with Crippen LogP contribution in [0.25, 0.3) is 0 Å². The van der Waals surface area contributed by atoms with E-state index in [1.165, 1.54) is 36.5 Å². The molecular formula is C12H9FN2O2. The lowest BCUT2D eigenvalue weighted by atomic mass is 10.1. The summed E-state index contributed by atoms with van der Waals surface area (Å²) in [5.74, 6) is -1.08. The van der Waals surface area contributed by atoms with Gasteiger partial charge in [0, 0.05) is 12.3 Å². The Morgan fingerprint density at radius 2 is 2.00 bits per heavy atom. The second kappa shape index (κ2) is 4.69. The van der Waals surface area contributed by atoms with Gasteiger partial charge in [-0.15, -0.1) is 0 Å². The molecule has 0 aliphatic carbocycles. The maximum absolute atomic E-state index is 13.3. The minimum atomic E-state index is -0.596. The quantitative estimate of drug-likeness (QED) is 0.749. The Morgan fingerprint density at radius 1 is 1.24 bits per heavy atom. The fourth-order valence-corrected chi connectivity index (χ4v) is 1.41. The maximum Gasteiger partial charge on any atom is 0.267 e. The van der Waals surface area contributed by atoms with Gasteiger partial charge in [0.05, 0.1) is 5.56 Å². The number of carbonyl (C=O) groups excluding carboxylic acids is 1. The summed E-state index contributed by atoms with van der Waals surface area (Å²) in [5.41, 5.74) is -0.428. The zero-order chi connectivity index (χ0) is 12.3. The molecule has 0 unspecified atom stereocenters. The van der Waals surface area contributed by atoms with Gasteiger partial charge in [-0.3, -0.25) is 9.59 Å². The number of carbonyl (C=O) groups is 1. The molecule has 0 fully saturated rings. The molecule has 0 saturated carbocycles. The minimum Gasteiger partial charge on any atom is -0.292 e. The van der Waals surface area contributed by atoms with E-state index in [0.717, 1.165) is 4.68 Å². The highest BCUT2D eigenvalue weighted by molar-refractivity contribution is 5.96. The summed E-state index contributed by atoms with van der Waals surface area (Å²) in [6.07, 6.45) is 1.40. The van der Waals surface area contributed by atoms with Crippen molar-refractivity contribution in [2.24, 2.45) is 0 Å². The van der Waals surface area contributed by atoms with Crippen LogP contribution in [0.15, 0.2) is 47.4 Å². The topological polar surface area (TPSA) is 52.0 Å². The third kappa shape index (κ3) is 2.44. The van der Waals surface area contributed by atoms with Crippen LogP contribution in [0.4, 0.5) is 4.39 Å². The van der Waals surface area contributed by atoms with E-state index in [4.69, 9.17) is 0 Å². The van der Waals surface area contributed by atoms with Gasteiger partial charge in [-0.1, -0.05) is 12.1 Å². The molecule has 0 bridgehead atoms. The van der Waals surface area contributed by atoms with Crippen molar-refractivity contribution in [2.75, 3.05) is 0 Å². The van der Waals surface area contributed by atoms with Crippen LogP contribution in [0.2, 0.25) is 0 Å². The van der Waals surface area contributed by atoms with Crippen LogP contribution in [0.5, 0.6) is 0 Å². The summed E-state index contributed by atoms with van der Waals surface area (Å²) in [5, 5.41) is 3.73. The Hall–Kier alpha value is -2.30. The van der Waals surface area contributed by atoms with Crippen LogP contribution in [-0.2, 0) is 6.54 Å². The number of ketones is 1. The van der Waals surface area contributed by atoms with E-state index in [1.807, 2.05) is 0 Å². The normalized spacial score (nSPS) is 10.2. The highest BCUT2D eigenvalue weighted by Gasteiger charge is 2.12. The average Bonchev–Trinajstić information content (AvgIpc) is 2.32. The molecule has 2 rings (SSSR count). The molecule has 5 heteroatoms. The predicted octanol–water partition coefficient (Wildman–Crippen LogP) is 1.27. The molecule has 86 valence electrons. The van der Waals surface area contributed by atoms with Crippen molar-refractivity contribution < 1.29 is 9.18 Å². The summed E-state index contributed by atoms with van der Waals surface area (Å²) >= 11 is 0. The molecule has 0 aliphatic heterocycles. The number of halogens is 1. The lowest BCUT2D eigenvalue weighted by Gasteiger charge is -2.03. The van der Waals surface area contributed by atoms with E-state index in [0.29, 0.717) is 0 Å². The van der Waals surface area contributed by atoms with E-state index in [1.54, 1.807) is 6.07 Å². The second-order valence-corrected chi connectivity index (χ2v) is 3.42. The summed E-state index contributed by atoms with van der Waals surface area (Å²) in [7, 11) is 0. The lowest BCUT2D eigenvalue weighted by molar-refractivity contribution is 0.0961. The molecule has 0 aliphatic rings. The molecule has 0 radical (unpaired) electrons. The molecule has 0 N–H and O–H groups in total. The van der Waals surface area contributed by atoms with E-state index in [2.05, 4.69) is 5.10 Å². The molecule has 1 heterocycles. The van der Waals surface area contributed by atoms with Crippen molar-refractivity contribution in [3.63, 3.8) is 0 Å². The van der Waals surface area contributed by atoms with Gasteiger partial charge in [0.2, 0.25) is 0 Å². The van der Waals surface area contributed by atoms with E-state index < -0.39 is 17.2 Å². The van der Waals surface area contributed by atoms with Gasteiger partial charge in [-0.2, -0.15) is 5.10 Å². The molecule has 1 aromatic heterocycles. The Morgan fingerprint density at radius 3 is 2.71 bits per heavy atom. The second-order valence-electron chi connectivity index (χ2n) is 3.42. The van der Waals surface area contributed by atoms with Gasteiger partial charge in [0.25, 0.3) is 5.56 Å². The molecule has 0 amide bonds. The maximum atomic E-state index is 13.3. The number of Topliss-reactive ketones (excluding diaryl/α,β-unsaturated/α-hetero) is 1. The number of hydrogen-bond acceptors (Lipinski definition) is 3. The number of benzene rings is 1. The summed E-state index contributed by atoms with van der Waals surface area (Å²) in [6, 6.07) is 8.42. The van der Waals surface area contributed by atoms with Crippen LogP contribution >= 0.6 is 0 Å². The van der Waals surface area contributed by atoms with Crippen LogP contribution in [-0.4, -0.2) is 15.6 Å². The molecule has 0 atom stereocenters. The van der Waals surface area contributed by atoms with E-state index in [9.17, 15) is 14.0 Å². The van der Waals surface area contributed by atoms with Gasteiger partial charge in [-0.25, -0.2) is 9.07 Å². The summed E-state index contributed by atoms with van der Waals surface area (Å²) in [6.45, 7) is -0.263. The molecule has 4 nitrogen and oxygen atoms in total. The standard InChI is InChI=1S/C12H9FN2O2/c13-10-5-2-1-4-9(10)11(16)8-15-12(17)6-3-7-14-15/h1-7H,8H2. The number of rotatable bonds is 3. The molecule has 0 spiro atoms. The van der Waals surface area contributed by atoms with Crippen LogP contribution in [0.1, 0.15) is 10.4 Å². The number of aromatic nitrogens is 2. The highest BCUT2D eigenvalue weighted by atomic mass is 19.1. The SMILES string of the molecule is O=C(Cn1ncccc1=O)c1ccccc1F. The number of hydrogen-bond donors (Lipinski definition) is 0. The molecule has 2 aromatic rings. The first-order valence-electron chi connectivity index (χ1n) is 4.98. The Bertz CT molecular complexity index is 607. The van der Waals surface area contributed by atoms with Crippen LogP contribution < -0.4 is 5.56 Å². The summed E-state index contributed by atoms with van der Waals surface area (Å²) in [4.78, 5) is 23.1. The average molecular weight is 232 g/mol. The third-order valence-corrected chi connectivity index (χ3v) is 2.25. The van der Waals surface area contributed by atoms with Crippen molar-refractivity contribution in [1.82, 2.24) is 9.78 Å². The minimum absolute atomic E-state index is 0.0370. The van der Waals surface area contributed by atoms with Crippen molar-refractivity contribution >= 4 is 5.78 Å². The largest absolute Gasteiger partial charge is 0.292 e. The first-order chi connectivity index (χ1) is 8.18. The molecule has 1 aromatic carbocycles. The van der Waals surface area contributed by atoms with Gasteiger partial charge in [0.15, 0.2) is 5.78 Å². The van der Waals surface area contributed by atoms with Crippen molar-refractivity contribution in [1.29, 1.82) is 0 Å². The summed E-state index contributed by atoms with van der Waals surface area (Å²) < 4.78 is 14.3. The van der Waals surface area contributed by atoms with Crippen molar-refractivity contribution in [3.05, 3.63) is 64.3 Å². The van der Waals surface area contributed by atoms with Gasteiger partial charge >= 0.3 is 0 Å². The van der Waals surface area contributed by atoms with Gasteiger partial charge in [-0.05, 0) is 18.2 Å². The highest BCUT2D eigenvalue weighted by Crippen LogP contribution is 2.07. The number of nitrogens with zero attached hydrogens (tertiary/aromatic N) is 2. The zero-order valence-electron chi connectivity index (χ0n) is 8.84.